The Kier molecular flexibility index (Phi) is 5.04. The molecule has 2 aromatic carbocycles. The van der Waals surface area contributed by atoms with Gasteiger partial charge in [0.15, 0.2) is 16.8 Å². The fraction of sp³-hybridized carbons (Fsp3) is 0.174. The quantitative estimate of drug-likeness (QED) is 0.271. The number of hydrogen-bond acceptors (Lipinski definition) is 5. The molecule has 0 radical (unpaired) electrons. The van der Waals surface area contributed by atoms with E-state index in [1.165, 1.54) is 11.8 Å². The minimum atomic E-state index is -0.364. The van der Waals surface area contributed by atoms with Crippen LogP contribution in [0.15, 0.2) is 83.3 Å². The molecule has 1 fully saturated rings. The van der Waals surface area contributed by atoms with E-state index in [2.05, 4.69) is 26.2 Å². The second-order valence-corrected chi connectivity index (χ2v) is 9.04. The van der Waals surface area contributed by atoms with Crippen LogP contribution in [-0.4, -0.2) is 20.5 Å². The Bertz CT molecular complexity index is 1100. The van der Waals surface area contributed by atoms with Crippen molar-refractivity contribution < 1.29 is 4.79 Å². The van der Waals surface area contributed by atoms with Gasteiger partial charge < -0.3 is 0 Å². The summed E-state index contributed by atoms with van der Waals surface area (Å²) >= 11 is 3.17. The van der Waals surface area contributed by atoms with E-state index < -0.39 is 0 Å². The summed E-state index contributed by atoms with van der Waals surface area (Å²) in [4.78, 5) is 14.5. The lowest BCUT2D eigenvalue weighted by atomic mass is 10.0. The van der Waals surface area contributed by atoms with Crippen molar-refractivity contribution in [2.45, 2.75) is 29.3 Å². The lowest BCUT2D eigenvalue weighted by Gasteiger charge is -2.16. The molecule has 6 heteroatoms. The van der Waals surface area contributed by atoms with Crippen LogP contribution in [0.2, 0.25) is 0 Å². The topological polar surface area (TPSA) is 47.8 Å². The first kappa shape index (κ1) is 18.3. The summed E-state index contributed by atoms with van der Waals surface area (Å²) in [6.07, 6.45) is 2.26. The largest absolute Gasteiger partial charge is 0.298 e. The van der Waals surface area contributed by atoms with Gasteiger partial charge in [-0.15, -0.1) is 21.5 Å². The number of ketones is 1. The Labute approximate surface area is 177 Å². The van der Waals surface area contributed by atoms with Crippen LogP contribution in [-0.2, 0) is 0 Å². The Balaban J connectivity index is 1.54. The van der Waals surface area contributed by atoms with Crippen LogP contribution < -0.4 is 0 Å². The third-order valence-corrected chi connectivity index (χ3v) is 7.02. The van der Waals surface area contributed by atoms with E-state index in [1.54, 1.807) is 11.3 Å². The van der Waals surface area contributed by atoms with Crippen LogP contribution >= 0.6 is 23.1 Å². The van der Waals surface area contributed by atoms with Crippen molar-refractivity contribution in [3.63, 3.8) is 0 Å². The molecule has 2 heterocycles. The van der Waals surface area contributed by atoms with Gasteiger partial charge in [0.25, 0.3) is 0 Å². The smallest absolute Gasteiger partial charge is 0.192 e. The average molecular weight is 418 g/mol. The van der Waals surface area contributed by atoms with Gasteiger partial charge in [-0.05, 0) is 29.9 Å². The van der Waals surface area contributed by atoms with Crippen molar-refractivity contribution in [3.05, 3.63) is 89.3 Å². The minimum Gasteiger partial charge on any atom is -0.298 e. The van der Waals surface area contributed by atoms with Crippen molar-refractivity contribution in [2.24, 2.45) is 0 Å². The molecule has 144 valence electrons. The predicted octanol–water partition coefficient (Wildman–Crippen LogP) is 6.06. The summed E-state index contributed by atoms with van der Waals surface area (Å²) in [6, 6.07) is 24.0. The van der Waals surface area contributed by atoms with Crippen molar-refractivity contribution in [2.75, 3.05) is 0 Å². The van der Waals surface area contributed by atoms with Gasteiger partial charge in [0, 0.05) is 11.6 Å². The van der Waals surface area contributed by atoms with Gasteiger partial charge >= 0.3 is 0 Å². The molecule has 5 rings (SSSR count). The minimum absolute atomic E-state index is 0.0878. The summed E-state index contributed by atoms with van der Waals surface area (Å²) in [5.74, 6) is 0.994. The molecule has 0 amide bonds. The van der Waals surface area contributed by atoms with E-state index in [9.17, 15) is 4.79 Å². The van der Waals surface area contributed by atoms with Gasteiger partial charge in [-0.3, -0.25) is 9.36 Å². The van der Waals surface area contributed by atoms with Gasteiger partial charge in [0.1, 0.15) is 5.25 Å². The molecule has 1 aliphatic carbocycles. The van der Waals surface area contributed by atoms with E-state index in [0.717, 1.165) is 34.3 Å². The fourth-order valence-corrected chi connectivity index (χ4v) is 5.24. The van der Waals surface area contributed by atoms with Crippen molar-refractivity contribution >= 4 is 28.9 Å². The van der Waals surface area contributed by atoms with Gasteiger partial charge in [-0.2, -0.15) is 0 Å². The van der Waals surface area contributed by atoms with Crippen LogP contribution in [0.4, 0.5) is 0 Å². The molecule has 0 spiro atoms. The predicted molar refractivity (Wildman–Crippen MR) is 117 cm³/mol. The SMILES string of the molecule is O=C(c1ccccc1)[C@@H](Sc1nnc(-c2cccs2)n1C1CC1)c1ccccc1. The first-order chi connectivity index (χ1) is 14.3. The number of nitrogens with zero attached hydrogens (tertiary/aromatic N) is 3. The number of rotatable bonds is 7. The second kappa shape index (κ2) is 7.97. The fourth-order valence-electron chi connectivity index (χ4n) is 3.35. The number of aromatic nitrogens is 3. The maximum absolute atomic E-state index is 13.4. The molecule has 0 saturated heterocycles. The third-order valence-electron chi connectivity index (χ3n) is 4.94. The molecule has 0 N–H and O–H groups in total. The highest BCUT2D eigenvalue weighted by Gasteiger charge is 2.33. The van der Waals surface area contributed by atoms with E-state index in [0.29, 0.717) is 11.6 Å². The Hall–Kier alpha value is -2.70. The Morgan fingerprint density at radius 1 is 0.966 bits per heavy atom. The number of thioether (sulfide) groups is 1. The van der Waals surface area contributed by atoms with Crippen LogP contribution in [0.25, 0.3) is 10.7 Å². The third kappa shape index (κ3) is 3.78. The number of thiophene rings is 1. The van der Waals surface area contributed by atoms with Crippen molar-refractivity contribution in [1.82, 2.24) is 14.8 Å². The van der Waals surface area contributed by atoms with Gasteiger partial charge in [0.2, 0.25) is 0 Å². The van der Waals surface area contributed by atoms with Crippen LogP contribution in [0.5, 0.6) is 0 Å². The van der Waals surface area contributed by atoms with Crippen LogP contribution in [0.1, 0.15) is 40.1 Å². The summed E-state index contributed by atoms with van der Waals surface area (Å²) < 4.78 is 2.23. The lowest BCUT2D eigenvalue weighted by Crippen LogP contribution is -2.11. The average Bonchev–Trinajstić information content (AvgIpc) is 3.30. The van der Waals surface area contributed by atoms with Crippen LogP contribution in [0.3, 0.4) is 0 Å². The monoisotopic (exact) mass is 417 g/mol. The van der Waals surface area contributed by atoms with Crippen molar-refractivity contribution in [3.8, 4) is 10.7 Å². The molecule has 0 unspecified atom stereocenters. The Morgan fingerprint density at radius 3 is 2.34 bits per heavy atom. The zero-order valence-corrected chi connectivity index (χ0v) is 17.3. The van der Waals surface area contributed by atoms with E-state index in [4.69, 9.17) is 0 Å². The summed E-state index contributed by atoms with van der Waals surface area (Å²) in [7, 11) is 0. The molecule has 1 saturated carbocycles. The normalized spacial score (nSPS) is 14.6. The molecule has 1 atom stereocenters. The highest BCUT2D eigenvalue weighted by atomic mass is 32.2. The molecular formula is C23H19N3OS2. The lowest BCUT2D eigenvalue weighted by molar-refractivity contribution is 0.0989. The summed E-state index contributed by atoms with van der Waals surface area (Å²) in [5.41, 5.74) is 1.69. The van der Waals surface area contributed by atoms with E-state index in [-0.39, 0.29) is 11.0 Å². The molecular weight excluding hydrogens is 398 g/mol. The summed E-state index contributed by atoms with van der Waals surface area (Å²) in [5, 5.41) is 11.5. The molecule has 2 aromatic heterocycles. The van der Waals surface area contributed by atoms with E-state index >= 15 is 0 Å². The number of Topliss-reactive ketones (excluding diaryl/α,β-unsaturated/α-hetero) is 1. The molecule has 4 aromatic rings. The highest BCUT2D eigenvalue weighted by molar-refractivity contribution is 8.00. The molecule has 29 heavy (non-hydrogen) atoms. The second-order valence-electron chi connectivity index (χ2n) is 7.02. The molecule has 1 aliphatic rings. The maximum atomic E-state index is 13.4. The zero-order valence-electron chi connectivity index (χ0n) is 15.6. The molecule has 4 nitrogen and oxygen atoms in total. The van der Waals surface area contributed by atoms with Crippen LogP contribution in [0, 0.1) is 0 Å². The van der Waals surface area contributed by atoms with Gasteiger partial charge in [-0.1, -0.05) is 78.5 Å². The maximum Gasteiger partial charge on any atom is 0.192 e. The number of carbonyl (C=O) groups is 1. The number of hydrogen-bond donors (Lipinski definition) is 0. The Morgan fingerprint density at radius 2 is 1.69 bits per heavy atom. The summed E-state index contributed by atoms with van der Waals surface area (Å²) in [6.45, 7) is 0. The first-order valence-electron chi connectivity index (χ1n) is 9.61. The van der Waals surface area contributed by atoms with Gasteiger partial charge in [0.05, 0.1) is 4.88 Å². The number of benzene rings is 2. The molecule has 0 aliphatic heterocycles. The molecule has 0 bridgehead atoms. The first-order valence-corrected chi connectivity index (χ1v) is 11.4. The zero-order chi connectivity index (χ0) is 19.6. The number of carbonyl (C=O) groups excluding carboxylic acids is 1. The van der Waals surface area contributed by atoms with Crippen molar-refractivity contribution in [1.29, 1.82) is 0 Å². The standard InChI is InChI=1S/C23H19N3OS2/c27-20(16-8-3-1-4-9-16)21(17-10-5-2-6-11-17)29-23-25-24-22(19-12-7-15-28-19)26(23)18-13-14-18/h1-12,15,18,21H,13-14H2/t21-/m0/s1. The van der Waals surface area contributed by atoms with E-state index in [1.807, 2.05) is 66.7 Å². The highest BCUT2D eigenvalue weighted by Crippen LogP contribution is 2.45. The van der Waals surface area contributed by atoms with Gasteiger partial charge in [-0.25, -0.2) is 0 Å².